The fraction of sp³-hybridized carbons (Fsp3) is 0.812. The molecule has 1 fully saturated rings. The first-order chi connectivity index (χ1) is 11.0. The maximum atomic E-state index is 5.30. The summed E-state index contributed by atoms with van der Waals surface area (Å²) in [4.78, 5) is 8.98. The molecule has 7 heteroatoms. The number of hydrogen-bond donors (Lipinski definition) is 2. The van der Waals surface area contributed by atoms with Crippen LogP contribution in [0, 0.1) is 5.41 Å². The van der Waals surface area contributed by atoms with Gasteiger partial charge in [-0.15, -0.1) is 0 Å². The lowest BCUT2D eigenvalue weighted by Gasteiger charge is -2.38. The van der Waals surface area contributed by atoms with Crippen LogP contribution in [0.2, 0.25) is 0 Å². The van der Waals surface area contributed by atoms with Crippen molar-refractivity contribution >= 4 is 5.96 Å². The van der Waals surface area contributed by atoms with Crippen molar-refractivity contribution in [2.75, 3.05) is 26.8 Å². The van der Waals surface area contributed by atoms with Crippen molar-refractivity contribution in [3.63, 3.8) is 0 Å². The Morgan fingerprint density at radius 1 is 1.48 bits per heavy atom. The number of aryl methyl sites for hydroxylation is 1. The molecule has 3 heterocycles. The molecule has 2 N–H and O–H groups in total. The van der Waals surface area contributed by atoms with Gasteiger partial charge in [0.15, 0.2) is 11.8 Å². The third-order valence-corrected chi connectivity index (χ3v) is 4.54. The van der Waals surface area contributed by atoms with Crippen LogP contribution in [0.3, 0.4) is 0 Å². The van der Waals surface area contributed by atoms with E-state index in [2.05, 4.69) is 46.5 Å². The highest BCUT2D eigenvalue weighted by atomic mass is 16.5. The average molecular weight is 320 g/mol. The predicted octanol–water partition coefficient (Wildman–Crippen LogP) is 0.918. The minimum absolute atomic E-state index is 0.232. The van der Waals surface area contributed by atoms with Crippen molar-refractivity contribution in [2.24, 2.45) is 10.4 Å². The van der Waals surface area contributed by atoms with Crippen molar-refractivity contribution in [3.8, 4) is 0 Å². The second-order valence-electron chi connectivity index (χ2n) is 7.33. The van der Waals surface area contributed by atoms with Gasteiger partial charge < -0.3 is 15.4 Å². The Kier molecular flexibility index (Phi) is 4.57. The maximum absolute atomic E-state index is 5.30. The molecule has 2 aliphatic rings. The largest absolute Gasteiger partial charge is 0.380 e. The topological polar surface area (TPSA) is 76.4 Å². The van der Waals surface area contributed by atoms with E-state index in [4.69, 9.17) is 4.74 Å². The highest BCUT2D eigenvalue weighted by molar-refractivity contribution is 5.80. The summed E-state index contributed by atoms with van der Waals surface area (Å²) in [5.74, 6) is 3.28. The Bertz CT molecular complexity index is 575. The minimum Gasteiger partial charge on any atom is -0.380 e. The summed E-state index contributed by atoms with van der Waals surface area (Å²) >= 11 is 0. The van der Waals surface area contributed by atoms with Gasteiger partial charge in [-0.2, -0.15) is 5.10 Å². The van der Waals surface area contributed by atoms with Crippen LogP contribution < -0.4 is 10.6 Å². The fourth-order valence-electron chi connectivity index (χ4n) is 2.93. The average Bonchev–Trinajstić information content (AvgIpc) is 2.93. The van der Waals surface area contributed by atoms with Gasteiger partial charge in [0.05, 0.1) is 19.8 Å². The molecule has 0 aromatic carbocycles. The number of nitrogens with zero attached hydrogens (tertiary/aromatic N) is 4. The SMILES string of the molecule is CN=C(NCC1(C)COC1)NC1CCc2nc(C(C)C)nn2C1. The van der Waals surface area contributed by atoms with Crippen LogP contribution in [-0.2, 0) is 17.7 Å². The van der Waals surface area contributed by atoms with Crippen LogP contribution in [0.25, 0.3) is 0 Å². The number of hydrogen-bond acceptors (Lipinski definition) is 4. The van der Waals surface area contributed by atoms with Gasteiger partial charge in [0.2, 0.25) is 0 Å². The van der Waals surface area contributed by atoms with Gasteiger partial charge in [-0.3, -0.25) is 4.99 Å². The van der Waals surface area contributed by atoms with Gasteiger partial charge in [0.25, 0.3) is 0 Å². The molecule has 0 amide bonds. The second kappa shape index (κ2) is 6.47. The number of aromatic nitrogens is 3. The second-order valence-corrected chi connectivity index (χ2v) is 7.33. The van der Waals surface area contributed by atoms with Crippen molar-refractivity contribution in [3.05, 3.63) is 11.6 Å². The molecule has 0 saturated carbocycles. The van der Waals surface area contributed by atoms with E-state index in [9.17, 15) is 0 Å². The van der Waals surface area contributed by atoms with E-state index in [1.165, 1.54) is 0 Å². The van der Waals surface area contributed by atoms with Gasteiger partial charge >= 0.3 is 0 Å². The molecule has 1 unspecified atom stereocenters. The zero-order chi connectivity index (χ0) is 16.4. The third kappa shape index (κ3) is 3.65. The van der Waals surface area contributed by atoms with Crippen LogP contribution in [0.1, 0.15) is 44.8 Å². The molecule has 0 aliphatic carbocycles. The molecule has 0 radical (unpaired) electrons. The highest BCUT2D eigenvalue weighted by Gasteiger charge is 2.33. The lowest BCUT2D eigenvalue weighted by Crippen LogP contribution is -2.53. The van der Waals surface area contributed by atoms with E-state index in [0.717, 1.165) is 56.8 Å². The Labute approximate surface area is 137 Å². The molecule has 23 heavy (non-hydrogen) atoms. The van der Waals surface area contributed by atoms with Crippen molar-refractivity contribution in [2.45, 2.75) is 52.1 Å². The molecule has 1 aromatic heterocycles. The summed E-state index contributed by atoms with van der Waals surface area (Å²) in [6, 6.07) is 0.334. The van der Waals surface area contributed by atoms with E-state index < -0.39 is 0 Å². The fourth-order valence-corrected chi connectivity index (χ4v) is 2.93. The summed E-state index contributed by atoms with van der Waals surface area (Å²) in [5, 5.41) is 11.6. The smallest absolute Gasteiger partial charge is 0.191 e. The van der Waals surface area contributed by atoms with Gasteiger partial charge in [-0.1, -0.05) is 20.8 Å². The number of aliphatic imine (C=N–C) groups is 1. The lowest BCUT2D eigenvalue weighted by molar-refractivity contribution is -0.0971. The Morgan fingerprint density at radius 3 is 2.87 bits per heavy atom. The van der Waals surface area contributed by atoms with Gasteiger partial charge in [0, 0.05) is 37.4 Å². The highest BCUT2D eigenvalue weighted by Crippen LogP contribution is 2.25. The van der Waals surface area contributed by atoms with Crippen molar-refractivity contribution < 1.29 is 4.74 Å². The molecule has 1 saturated heterocycles. The van der Waals surface area contributed by atoms with Crippen LogP contribution in [0.15, 0.2) is 4.99 Å². The number of fused-ring (bicyclic) bond motifs is 1. The van der Waals surface area contributed by atoms with E-state index in [-0.39, 0.29) is 5.41 Å². The van der Waals surface area contributed by atoms with Crippen molar-refractivity contribution in [1.82, 2.24) is 25.4 Å². The number of ether oxygens (including phenoxy) is 1. The first-order valence-electron chi connectivity index (χ1n) is 8.48. The van der Waals surface area contributed by atoms with E-state index >= 15 is 0 Å². The Morgan fingerprint density at radius 2 is 2.26 bits per heavy atom. The minimum atomic E-state index is 0.232. The maximum Gasteiger partial charge on any atom is 0.191 e. The lowest BCUT2D eigenvalue weighted by atomic mass is 9.89. The van der Waals surface area contributed by atoms with E-state index in [1.807, 2.05) is 11.7 Å². The summed E-state index contributed by atoms with van der Waals surface area (Å²) in [6.45, 7) is 9.86. The zero-order valence-electron chi connectivity index (χ0n) is 14.6. The predicted molar refractivity (Wildman–Crippen MR) is 89.6 cm³/mol. The molecule has 3 rings (SSSR count). The van der Waals surface area contributed by atoms with E-state index in [1.54, 1.807) is 0 Å². The van der Waals surface area contributed by atoms with Gasteiger partial charge in [-0.05, 0) is 6.42 Å². The quantitative estimate of drug-likeness (QED) is 0.637. The molecule has 0 spiro atoms. The molecule has 1 aromatic rings. The zero-order valence-corrected chi connectivity index (χ0v) is 14.6. The van der Waals surface area contributed by atoms with Gasteiger partial charge in [0.1, 0.15) is 5.82 Å². The van der Waals surface area contributed by atoms with E-state index in [0.29, 0.717) is 12.0 Å². The summed E-state index contributed by atoms with van der Waals surface area (Å²) < 4.78 is 7.34. The standard InChI is InChI=1S/C16H28N6O/c1-11(2)14-20-13-6-5-12(7-22(13)21-14)19-15(17-4)18-8-16(3)9-23-10-16/h11-12H,5-10H2,1-4H3,(H2,17,18,19). The molecule has 2 aliphatic heterocycles. The van der Waals surface area contributed by atoms with Crippen LogP contribution in [0.4, 0.5) is 0 Å². The number of nitrogens with one attached hydrogen (secondary N) is 2. The van der Waals surface area contributed by atoms with Crippen LogP contribution in [0.5, 0.6) is 0 Å². The first-order valence-corrected chi connectivity index (χ1v) is 8.48. The Balaban J connectivity index is 1.55. The van der Waals surface area contributed by atoms with Crippen molar-refractivity contribution in [1.29, 1.82) is 0 Å². The summed E-state index contributed by atoms with van der Waals surface area (Å²) in [6.07, 6.45) is 2.01. The summed E-state index contributed by atoms with van der Waals surface area (Å²) in [7, 11) is 1.82. The number of rotatable bonds is 4. The van der Waals surface area contributed by atoms with Crippen LogP contribution in [-0.4, -0.2) is 53.6 Å². The molecule has 0 bridgehead atoms. The molecule has 7 nitrogen and oxygen atoms in total. The normalized spacial score (nSPS) is 23.3. The molecular formula is C16H28N6O. The third-order valence-electron chi connectivity index (χ3n) is 4.54. The molecular weight excluding hydrogens is 292 g/mol. The number of guanidine groups is 1. The first kappa shape index (κ1) is 16.2. The molecule has 128 valence electrons. The Hall–Kier alpha value is -1.63. The van der Waals surface area contributed by atoms with Gasteiger partial charge in [-0.25, -0.2) is 9.67 Å². The molecule has 1 atom stereocenters. The van der Waals surface area contributed by atoms with Crippen LogP contribution >= 0.6 is 0 Å². The summed E-state index contributed by atoms with van der Waals surface area (Å²) in [5.41, 5.74) is 0.232. The monoisotopic (exact) mass is 320 g/mol.